The molecule has 0 radical (unpaired) electrons. The van der Waals surface area contributed by atoms with Crippen molar-refractivity contribution in [1.82, 2.24) is 19.2 Å². The number of carbonyl (C=O) groups excluding carboxylic acids is 2. The van der Waals surface area contributed by atoms with Crippen molar-refractivity contribution < 1.29 is 9.59 Å². The van der Waals surface area contributed by atoms with Crippen molar-refractivity contribution in [3.05, 3.63) is 35.3 Å². The number of nitrogens with zero attached hydrogens (tertiary/aromatic N) is 4. The molecule has 1 fully saturated rings. The second-order valence-electron chi connectivity index (χ2n) is 5.58. The van der Waals surface area contributed by atoms with Crippen molar-refractivity contribution >= 4 is 18.0 Å². The molecule has 0 aromatic carbocycles. The molecule has 1 aliphatic heterocycles. The zero-order valence-electron chi connectivity index (χ0n) is 13.0. The summed E-state index contributed by atoms with van der Waals surface area (Å²) in [6.07, 6.45) is 3.59. The number of aryl methyl sites for hydroxylation is 2. The highest BCUT2D eigenvalue weighted by molar-refractivity contribution is 5.94. The standard InChI is InChI=1S/C16H20N4O2/c1-3-14-12(2)20-10-13(4-5-15(20)17-14)16(22)19-8-6-18(11-21)7-9-19/h4-5,10-11H,3,6-9H2,1-2H3. The van der Waals surface area contributed by atoms with E-state index in [9.17, 15) is 9.59 Å². The second-order valence-corrected chi connectivity index (χ2v) is 5.58. The van der Waals surface area contributed by atoms with Crippen molar-refractivity contribution in [3.63, 3.8) is 0 Å². The molecule has 2 aromatic heterocycles. The Morgan fingerprint density at radius 2 is 2.00 bits per heavy atom. The molecule has 6 nitrogen and oxygen atoms in total. The number of fused-ring (bicyclic) bond motifs is 1. The van der Waals surface area contributed by atoms with Gasteiger partial charge < -0.3 is 14.2 Å². The van der Waals surface area contributed by atoms with E-state index in [2.05, 4.69) is 11.9 Å². The van der Waals surface area contributed by atoms with Crippen LogP contribution < -0.4 is 0 Å². The molecule has 0 unspecified atom stereocenters. The van der Waals surface area contributed by atoms with Gasteiger partial charge in [0.15, 0.2) is 0 Å². The quantitative estimate of drug-likeness (QED) is 0.798. The first kappa shape index (κ1) is 14.6. The van der Waals surface area contributed by atoms with Crippen LogP contribution in [0.25, 0.3) is 5.65 Å². The van der Waals surface area contributed by atoms with Crippen LogP contribution in [0.3, 0.4) is 0 Å². The summed E-state index contributed by atoms with van der Waals surface area (Å²) in [7, 11) is 0. The Hall–Kier alpha value is -2.37. The summed E-state index contributed by atoms with van der Waals surface area (Å²) < 4.78 is 1.98. The SMILES string of the molecule is CCc1nc2ccc(C(=O)N3CCN(C=O)CC3)cn2c1C. The number of amides is 2. The minimum absolute atomic E-state index is 0.0126. The van der Waals surface area contributed by atoms with Gasteiger partial charge in [-0.05, 0) is 25.5 Å². The Kier molecular flexibility index (Phi) is 3.83. The molecule has 3 heterocycles. The van der Waals surface area contributed by atoms with Crippen LogP contribution in [0.15, 0.2) is 18.3 Å². The van der Waals surface area contributed by atoms with Crippen molar-refractivity contribution in [2.45, 2.75) is 20.3 Å². The van der Waals surface area contributed by atoms with Gasteiger partial charge in [-0.25, -0.2) is 4.98 Å². The molecule has 2 aromatic rings. The van der Waals surface area contributed by atoms with Crippen LogP contribution in [0.4, 0.5) is 0 Å². The van der Waals surface area contributed by atoms with Gasteiger partial charge in [0.25, 0.3) is 5.91 Å². The van der Waals surface area contributed by atoms with Crippen molar-refractivity contribution in [1.29, 1.82) is 0 Å². The van der Waals surface area contributed by atoms with Crippen LogP contribution in [0.2, 0.25) is 0 Å². The van der Waals surface area contributed by atoms with E-state index in [-0.39, 0.29) is 5.91 Å². The van der Waals surface area contributed by atoms with Gasteiger partial charge in [-0.2, -0.15) is 0 Å². The van der Waals surface area contributed by atoms with Crippen LogP contribution in [-0.4, -0.2) is 57.7 Å². The minimum Gasteiger partial charge on any atom is -0.342 e. The first-order valence-electron chi connectivity index (χ1n) is 7.60. The minimum atomic E-state index is 0.0126. The normalized spacial score (nSPS) is 15.4. The van der Waals surface area contributed by atoms with Crippen molar-refractivity contribution in [2.75, 3.05) is 26.2 Å². The van der Waals surface area contributed by atoms with Gasteiger partial charge in [0.05, 0.1) is 11.3 Å². The molecule has 1 saturated heterocycles. The van der Waals surface area contributed by atoms with E-state index in [1.165, 1.54) is 0 Å². The van der Waals surface area contributed by atoms with E-state index in [4.69, 9.17) is 0 Å². The predicted octanol–water partition coefficient (Wildman–Crippen LogP) is 1.12. The molecule has 0 bridgehead atoms. The number of carbonyl (C=O) groups is 2. The monoisotopic (exact) mass is 300 g/mol. The summed E-state index contributed by atoms with van der Waals surface area (Å²) in [4.78, 5) is 31.4. The molecule has 3 rings (SSSR count). The third-order valence-electron chi connectivity index (χ3n) is 4.29. The topological polar surface area (TPSA) is 57.9 Å². The third-order valence-corrected chi connectivity index (χ3v) is 4.29. The fourth-order valence-electron chi connectivity index (χ4n) is 2.89. The van der Waals surface area contributed by atoms with Gasteiger partial charge >= 0.3 is 0 Å². The lowest BCUT2D eigenvalue weighted by molar-refractivity contribution is -0.119. The number of piperazine rings is 1. The van der Waals surface area contributed by atoms with E-state index in [1.54, 1.807) is 9.80 Å². The predicted molar refractivity (Wildman–Crippen MR) is 82.8 cm³/mol. The summed E-state index contributed by atoms with van der Waals surface area (Å²) in [5.41, 5.74) is 3.68. The van der Waals surface area contributed by atoms with Gasteiger partial charge in [0, 0.05) is 38.1 Å². The van der Waals surface area contributed by atoms with Gasteiger partial charge in [-0.1, -0.05) is 6.92 Å². The number of hydrogen-bond acceptors (Lipinski definition) is 3. The average molecular weight is 300 g/mol. The summed E-state index contributed by atoms with van der Waals surface area (Å²) >= 11 is 0. The molecule has 0 N–H and O–H groups in total. The number of rotatable bonds is 3. The summed E-state index contributed by atoms with van der Waals surface area (Å²) in [6.45, 7) is 6.46. The lowest BCUT2D eigenvalue weighted by Crippen LogP contribution is -2.48. The molecule has 0 saturated carbocycles. The maximum Gasteiger partial charge on any atom is 0.255 e. The van der Waals surface area contributed by atoms with E-state index in [0.717, 1.165) is 29.9 Å². The Labute approximate surface area is 129 Å². The number of imidazole rings is 1. The highest BCUT2D eigenvalue weighted by Gasteiger charge is 2.22. The van der Waals surface area contributed by atoms with Crippen LogP contribution in [-0.2, 0) is 11.2 Å². The van der Waals surface area contributed by atoms with Crippen LogP contribution in [0, 0.1) is 6.92 Å². The van der Waals surface area contributed by atoms with E-state index >= 15 is 0 Å². The molecule has 116 valence electrons. The molecule has 0 atom stereocenters. The average Bonchev–Trinajstić information content (AvgIpc) is 2.90. The number of pyridine rings is 1. The first-order chi connectivity index (χ1) is 10.6. The summed E-state index contributed by atoms with van der Waals surface area (Å²) in [5.74, 6) is 0.0126. The molecule has 22 heavy (non-hydrogen) atoms. The van der Waals surface area contributed by atoms with E-state index in [0.29, 0.717) is 31.7 Å². The van der Waals surface area contributed by atoms with Crippen LogP contribution in [0.1, 0.15) is 28.7 Å². The fraction of sp³-hybridized carbons (Fsp3) is 0.438. The zero-order chi connectivity index (χ0) is 15.7. The molecule has 2 amide bonds. The maximum absolute atomic E-state index is 12.6. The molecular formula is C16H20N4O2. The van der Waals surface area contributed by atoms with E-state index < -0.39 is 0 Å². The van der Waals surface area contributed by atoms with Crippen LogP contribution in [0.5, 0.6) is 0 Å². The fourth-order valence-corrected chi connectivity index (χ4v) is 2.89. The van der Waals surface area contributed by atoms with Gasteiger partial charge in [-0.3, -0.25) is 9.59 Å². The third kappa shape index (κ3) is 2.45. The first-order valence-corrected chi connectivity index (χ1v) is 7.60. The van der Waals surface area contributed by atoms with Gasteiger partial charge in [-0.15, -0.1) is 0 Å². The van der Waals surface area contributed by atoms with E-state index in [1.807, 2.05) is 29.7 Å². The largest absolute Gasteiger partial charge is 0.342 e. The summed E-state index contributed by atoms with van der Waals surface area (Å²) in [6, 6.07) is 3.72. The molecule has 6 heteroatoms. The highest BCUT2D eigenvalue weighted by atomic mass is 16.2. The van der Waals surface area contributed by atoms with Crippen LogP contribution >= 0.6 is 0 Å². The number of aromatic nitrogens is 2. The Bertz CT molecular complexity index is 714. The van der Waals surface area contributed by atoms with Crippen molar-refractivity contribution in [2.24, 2.45) is 0 Å². The Balaban J connectivity index is 1.85. The van der Waals surface area contributed by atoms with Gasteiger partial charge in [0.2, 0.25) is 6.41 Å². The molecular weight excluding hydrogens is 280 g/mol. The molecule has 1 aliphatic rings. The van der Waals surface area contributed by atoms with Gasteiger partial charge in [0.1, 0.15) is 5.65 Å². The Morgan fingerprint density at radius 1 is 1.27 bits per heavy atom. The van der Waals surface area contributed by atoms with Crippen molar-refractivity contribution in [3.8, 4) is 0 Å². The smallest absolute Gasteiger partial charge is 0.255 e. The second kappa shape index (κ2) is 5.79. The molecule has 0 spiro atoms. The highest BCUT2D eigenvalue weighted by Crippen LogP contribution is 2.15. The molecule has 0 aliphatic carbocycles. The number of hydrogen-bond donors (Lipinski definition) is 0. The Morgan fingerprint density at radius 3 is 2.64 bits per heavy atom. The maximum atomic E-state index is 12.6. The zero-order valence-corrected chi connectivity index (χ0v) is 13.0. The lowest BCUT2D eigenvalue weighted by Gasteiger charge is -2.32. The summed E-state index contributed by atoms with van der Waals surface area (Å²) in [5, 5.41) is 0. The lowest BCUT2D eigenvalue weighted by atomic mass is 10.2.